The number of hydrogen-bond acceptors (Lipinski definition) is 4. The fourth-order valence-electron chi connectivity index (χ4n) is 1.36. The molecule has 4 heteroatoms. The number of rotatable bonds is 1. The van der Waals surface area contributed by atoms with E-state index in [1.165, 1.54) is 17.8 Å². The largest absolute Gasteiger partial charge is 0.375 e. The van der Waals surface area contributed by atoms with E-state index in [9.17, 15) is 0 Å². The lowest BCUT2D eigenvalue weighted by atomic mass is 10.1. The lowest BCUT2D eigenvalue weighted by Gasteiger charge is -2.12. The van der Waals surface area contributed by atoms with E-state index in [1.807, 2.05) is 11.6 Å². The molecule has 1 unspecified atom stereocenters. The second kappa shape index (κ2) is 3.23. The predicted molar refractivity (Wildman–Crippen MR) is 51.6 cm³/mol. The molecule has 12 heavy (non-hydrogen) atoms. The number of anilines is 1. The average Bonchev–Trinajstić information content (AvgIpc) is 2.54. The van der Waals surface area contributed by atoms with Crippen molar-refractivity contribution in [3.05, 3.63) is 11.1 Å². The summed E-state index contributed by atoms with van der Waals surface area (Å²) >= 11 is 1.49. The van der Waals surface area contributed by atoms with Crippen LogP contribution in [-0.2, 0) is 0 Å². The number of nitrogen functional groups attached to an aromatic ring is 1. The van der Waals surface area contributed by atoms with Gasteiger partial charge in [0.05, 0.1) is 11.7 Å². The molecule has 2 N–H and O–H groups in total. The van der Waals surface area contributed by atoms with Crippen LogP contribution in [0.5, 0.6) is 0 Å². The minimum absolute atomic E-state index is 0.271. The zero-order valence-electron chi connectivity index (χ0n) is 6.73. The van der Waals surface area contributed by atoms with Gasteiger partial charge in [0.25, 0.3) is 0 Å². The Labute approximate surface area is 75.3 Å². The van der Waals surface area contributed by atoms with Crippen LogP contribution in [-0.4, -0.2) is 11.2 Å². The number of aromatic nitrogens is 1. The molecule has 0 bridgehead atoms. The van der Waals surface area contributed by atoms with Gasteiger partial charge in [-0.3, -0.25) is 4.99 Å². The summed E-state index contributed by atoms with van der Waals surface area (Å²) in [5.41, 5.74) is 6.58. The summed E-state index contributed by atoms with van der Waals surface area (Å²) in [5, 5.41) is 2.65. The highest BCUT2D eigenvalue weighted by atomic mass is 32.1. The van der Waals surface area contributed by atoms with Crippen LogP contribution in [0.3, 0.4) is 0 Å². The smallest absolute Gasteiger partial charge is 0.180 e. The fraction of sp³-hybridized carbons (Fsp3) is 0.500. The van der Waals surface area contributed by atoms with Crippen LogP contribution in [0.25, 0.3) is 0 Å². The van der Waals surface area contributed by atoms with Gasteiger partial charge in [-0.05, 0) is 25.5 Å². The van der Waals surface area contributed by atoms with E-state index in [0.29, 0.717) is 5.13 Å². The second-order valence-electron chi connectivity index (χ2n) is 2.89. The van der Waals surface area contributed by atoms with Gasteiger partial charge in [0.15, 0.2) is 5.13 Å². The Kier molecular flexibility index (Phi) is 2.08. The van der Waals surface area contributed by atoms with Crippen molar-refractivity contribution >= 4 is 22.7 Å². The van der Waals surface area contributed by atoms with Crippen LogP contribution >= 0.6 is 11.3 Å². The van der Waals surface area contributed by atoms with E-state index in [0.717, 1.165) is 18.5 Å². The number of thiazole rings is 1. The molecule has 0 amide bonds. The summed E-state index contributed by atoms with van der Waals surface area (Å²) in [6, 6.07) is 0.271. The Morgan fingerprint density at radius 2 is 2.50 bits per heavy atom. The Morgan fingerprint density at radius 1 is 1.58 bits per heavy atom. The maximum atomic E-state index is 5.54. The zero-order chi connectivity index (χ0) is 8.39. The van der Waals surface area contributed by atoms with Gasteiger partial charge in [-0.25, -0.2) is 4.98 Å². The molecule has 1 aliphatic rings. The van der Waals surface area contributed by atoms with Gasteiger partial charge in [-0.15, -0.1) is 11.3 Å². The molecule has 3 nitrogen and oxygen atoms in total. The highest BCUT2D eigenvalue weighted by Gasteiger charge is 2.14. The SMILES string of the molecule is Nc1nc(C2CCCC=N2)cs1. The van der Waals surface area contributed by atoms with E-state index in [-0.39, 0.29) is 6.04 Å². The lowest BCUT2D eigenvalue weighted by Crippen LogP contribution is -2.02. The molecule has 64 valence electrons. The minimum Gasteiger partial charge on any atom is -0.375 e. The Balaban J connectivity index is 2.18. The van der Waals surface area contributed by atoms with Crippen LogP contribution < -0.4 is 5.73 Å². The van der Waals surface area contributed by atoms with Crippen molar-refractivity contribution in [2.45, 2.75) is 25.3 Å². The molecule has 0 saturated carbocycles. The molecule has 1 aliphatic heterocycles. The fourth-order valence-corrected chi connectivity index (χ4v) is 1.97. The molecule has 1 atom stereocenters. The molecule has 0 radical (unpaired) electrons. The first-order chi connectivity index (χ1) is 5.86. The first kappa shape index (κ1) is 7.73. The van der Waals surface area contributed by atoms with Gasteiger partial charge in [-0.2, -0.15) is 0 Å². The first-order valence-electron chi connectivity index (χ1n) is 4.09. The number of hydrogen-bond donors (Lipinski definition) is 1. The highest BCUT2D eigenvalue weighted by Crippen LogP contribution is 2.27. The van der Waals surface area contributed by atoms with Gasteiger partial charge in [0, 0.05) is 5.38 Å². The topological polar surface area (TPSA) is 51.3 Å². The van der Waals surface area contributed by atoms with E-state index < -0.39 is 0 Å². The number of nitrogens with zero attached hydrogens (tertiary/aromatic N) is 2. The van der Waals surface area contributed by atoms with Gasteiger partial charge in [0.1, 0.15) is 0 Å². The molecule has 0 saturated heterocycles. The Morgan fingerprint density at radius 3 is 3.08 bits per heavy atom. The second-order valence-corrected chi connectivity index (χ2v) is 3.78. The molecule has 1 aromatic rings. The lowest BCUT2D eigenvalue weighted by molar-refractivity contribution is 0.593. The third-order valence-electron chi connectivity index (χ3n) is 1.98. The van der Waals surface area contributed by atoms with Gasteiger partial charge in [0.2, 0.25) is 0 Å². The molecule has 0 fully saturated rings. The molecule has 2 rings (SSSR count). The van der Waals surface area contributed by atoms with Crippen LogP contribution in [0.2, 0.25) is 0 Å². The van der Waals surface area contributed by atoms with Crippen LogP contribution in [0, 0.1) is 0 Å². The standard InChI is InChI=1S/C8H11N3S/c9-8-11-7(5-12-8)6-3-1-2-4-10-6/h4-6H,1-3H2,(H2,9,11). The normalized spacial score (nSPS) is 22.8. The quantitative estimate of drug-likeness (QED) is 0.720. The van der Waals surface area contributed by atoms with Crippen LogP contribution in [0.4, 0.5) is 5.13 Å². The van der Waals surface area contributed by atoms with Gasteiger partial charge in [-0.1, -0.05) is 0 Å². The Hall–Kier alpha value is -0.900. The summed E-state index contributed by atoms with van der Waals surface area (Å²) < 4.78 is 0. The third-order valence-corrected chi connectivity index (χ3v) is 2.67. The maximum Gasteiger partial charge on any atom is 0.180 e. The average molecular weight is 181 g/mol. The molecule has 0 aromatic carbocycles. The molecular formula is C8H11N3S. The Bertz CT molecular complexity index is 292. The summed E-state index contributed by atoms with van der Waals surface area (Å²) in [4.78, 5) is 8.59. The van der Waals surface area contributed by atoms with Crippen molar-refractivity contribution in [1.82, 2.24) is 4.98 Å². The van der Waals surface area contributed by atoms with E-state index in [2.05, 4.69) is 9.98 Å². The van der Waals surface area contributed by atoms with E-state index in [4.69, 9.17) is 5.73 Å². The van der Waals surface area contributed by atoms with Gasteiger partial charge >= 0.3 is 0 Å². The molecule has 1 aromatic heterocycles. The zero-order valence-corrected chi connectivity index (χ0v) is 7.55. The van der Waals surface area contributed by atoms with Crippen molar-refractivity contribution < 1.29 is 0 Å². The predicted octanol–water partition coefficient (Wildman–Crippen LogP) is 2.02. The monoisotopic (exact) mass is 181 g/mol. The van der Waals surface area contributed by atoms with E-state index >= 15 is 0 Å². The number of aliphatic imine (C=N–C) groups is 1. The third kappa shape index (κ3) is 1.48. The maximum absolute atomic E-state index is 5.54. The summed E-state index contributed by atoms with van der Waals surface area (Å²) in [5.74, 6) is 0. The molecule has 2 heterocycles. The van der Waals surface area contributed by atoms with Crippen LogP contribution in [0.15, 0.2) is 10.4 Å². The van der Waals surface area contributed by atoms with Crippen molar-refractivity contribution in [1.29, 1.82) is 0 Å². The highest BCUT2D eigenvalue weighted by molar-refractivity contribution is 7.13. The van der Waals surface area contributed by atoms with Crippen molar-refractivity contribution in [3.8, 4) is 0 Å². The molecule has 0 spiro atoms. The summed E-state index contributed by atoms with van der Waals surface area (Å²) in [6.45, 7) is 0. The minimum atomic E-state index is 0.271. The first-order valence-corrected chi connectivity index (χ1v) is 4.97. The molecule has 0 aliphatic carbocycles. The van der Waals surface area contributed by atoms with Crippen molar-refractivity contribution in [2.24, 2.45) is 4.99 Å². The van der Waals surface area contributed by atoms with E-state index in [1.54, 1.807) is 0 Å². The van der Waals surface area contributed by atoms with Gasteiger partial charge < -0.3 is 5.73 Å². The van der Waals surface area contributed by atoms with Crippen LogP contribution in [0.1, 0.15) is 31.0 Å². The number of nitrogens with two attached hydrogens (primary N) is 1. The van der Waals surface area contributed by atoms with Crippen molar-refractivity contribution in [3.63, 3.8) is 0 Å². The summed E-state index contributed by atoms with van der Waals surface area (Å²) in [6.07, 6.45) is 5.42. The summed E-state index contributed by atoms with van der Waals surface area (Å²) in [7, 11) is 0. The van der Waals surface area contributed by atoms with Crippen molar-refractivity contribution in [2.75, 3.05) is 5.73 Å². The molecular weight excluding hydrogens is 170 g/mol.